The lowest BCUT2D eigenvalue weighted by molar-refractivity contribution is -0.111. The molecule has 0 saturated carbocycles. The molecule has 2 N–H and O–H groups in total. The van der Waals surface area contributed by atoms with Crippen molar-refractivity contribution in [3.8, 4) is 5.75 Å². The highest BCUT2D eigenvalue weighted by Gasteiger charge is 2.04. The van der Waals surface area contributed by atoms with Gasteiger partial charge in [0.2, 0.25) is 5.11 Å². The van der Waals surface area contributed by atoms with Crippen LogP contribution in [0.25, 0.3) is 0 Å². The summed E-state index contributed by atoms with van der Waals surface area (Å²) in [5.74, 6) is -0.0288. The number of nitrogens with zero attached hydrogens (tertiary/aromatic N) is 3. The number of carbonyl (C=O) groups excluding carboxylic acids is 1. The molecule has 0 radical (unpaired) electrons. The smallest absolute Gasteiger partial charge is 0.234 e. The lowest BCUT2D eigenvalue weighted by atomic mass is 10.1. The summed E-state index contributed by atoms with van der Waals surface area (Å²) in [4.78, 5) is 11.4. The number of carbonyl (C=O) groups is 1. The number of para-hydroxylation sites is 1. The molecule has 110 valence electrons. The van der Waals surface area contributed by atoms with E-state index >= 15 is 0 Å². The van der Waals surface area contributed by atoms with E-state index in [4.69, 9.17) is 12.2 Å². The molecule has 6 nitrogen and oxygen atoms in total. The van der Waals surface area contributed by atoms with Gasteiger partial charge in [-0.05, 0) is 36.5 Å². The molecule has 0 aromatic heterocycles. The van der Waals surface area contributed by atoms with Gasteiger partial charge in [0.15, 0.2) is 5.78 Å². The molecule has 22 heavy (non-hydrogen) atoms. The molecule has 0 heterocycles. The van der Waals surface area contributed by atoms with Gasteiger partial charge < -0.3 is 5.11 Å². The van der Waals surface area contributed by atoms with Crippen LogP contribution < -0.4 is 5.43 Å². The number of thiocarbonyl (C=S) groups is 1. The fourth-order valence-corrected chi connectivity index (χ4v) is 1.61. The van der Waals surface area contributed by atoms with E-state index in [2.05, 4.69) is 20.8 Å². The quantitative estimate of drug-likeness (QED) is 0.295. The molecule has 0 saturated heterocycles. The number of phenols is 1. The fraction of sp³-hybridized carbons (Fsp3) is 0. The number of hydrazone groups is 1. The number of aromatic hydroxyl groups is 1. The third-order valence-corrected chi connectivity index (χ3v) is 2.74. The lowest BCUT2D eigenvalue weighted by Crippen LogP contribution is -2.11. The van der Waals surface area contributed by atoms with E-state index in [0.717, 1.165) is 0 Å². The molecule has 0 fully saturated rings. The normalized spacial score (nSPS) is 16.0. The van der Waals surface area contributed by atoms with E-state index in [1.54, 1.807) is 42.5 Å². The number of allylic oxidation sites excluding steroid dienone is 5. The van der Waals surface area contributed by atoms with Crippen molar-refractivity contribution in [1.82, 2.24) is 5.43 Å². The third kappa shape index (κ3) is 4.57. The van der Waals surface area contributed by atoms with Crippen LogP contribution in [0, 0.1) is 0 Å². The zero-order valence-electron chi connectivity index (χ0n) is 11.4. The molecular weight excluding hydrogens is 300 g/mol. The average Bonchev–Trinajstić information content (AvgIpc) is 2.51. The molecule has 1 aliphatic carbocycles. The molecule has 0 bridgehead atoms. The second-order valence-electron chi connectivity index (χ2n) is 4.12. The van der Waals surface area contributed by atoms with Crippen LogP contribution in [-0.2, 0) is 4.79 Å². The predicted molar refractivity (Wildman–Crippen MR) is 87.7 cm³/mol. The van der Waals surface area contributed by atoms with Gasteiger partial charge >= 0.3 is 0 Å². The van der Waals surface area contributed by atoms with Crippen LogP contribution >= 0.6 is 12.2 Å². The molecular formula is C15H12N4O2S. The van der Waals surface area contributed by atoms with E-state index in [1.165, 1.54) is 18.5 Å². The fourth-order valence-electron chi connectivity index (χ4n) is 1.51. The largest absolute Gasteiger partial charge is 0.507 e. The van der Waals surface area contributed by atoms with Gasteiger partial charge in [-0.15, -0.1) is 5.11 Å². The SMILES string of the molecule is O=C1C=CC=C/C1=C/N=NC(=S)N/N=C/c1ccccc1O. The maximum absolute atomic E-state index is 11.4. The Kier molecular flexibility index (Phi) is 5.44. The monoisotopic (exact) mass is 312 g/mol. The lowest BCUT2D eigenvalue weighted by Gasteiger charge is -1.98. The summed E-state index contributed by atoms with van der Waals surface area (Å²) in [6, 6.07) is 6.73. The zero-order valence-corrected chi connectivity index (χ0v) is 12.2. The van der Waals surface area contributed by atoms with Crippen LogP contribution in [0.3, 0.4) is 0 Å². The van der Waals surface area contributed by atoms with Gasteiger partial charge in [0.05, 0.1) is 12.4 Å². The molecule has 1 aromatic carbocycles. The highest BCUT2D eigenvalue weighted by atomic mass is 32.1. The van der Waals surface area contributed by atoms with Crippen LogP contribution in [0.4, 0.5) is 0 Å². The Labute approximate surface area is 132 Å². The van der Waals surface area contributed by atoms with E-state index in [9.17, 15) is 9.90 Å². The van der Waals surface area contributed by atoms with Gasteiger partial charge in [-0.2, -0.15) is 10.2 Å². The second kappa shape index (κ2) is 7.75. The first-order chi connectivity index (χ1) is 10.7. The van der Waals surface area contributed by atoms with Crippen molar-refractivity contribution in [1.29, 1.82) is 0 Å². The number of benzene rings is 1. The molecule has 0 atom stereocenters. The standard InChI is InChI=1S/C15H12N4O2S/c20-13-7-3-1-5-11(13)9-16-18-15(22)19-17-10-12-6-2-4-8-14(12)21/h1-10,20H,(H,18,22)/b12-10-,16-9+,19-17?. The Balaban J connectivity index is 1.88. The molecule has 0 spiro atoms. The van der Waals surface area contributed by atoms with E-state index in [0.29, 0.717) is 11.1 Å². The first-order valence-corrected chi connectivity index (χ1v) is 6.69. The first kappa shape index (κ1) is 15.5. The van der Waals surface area contributed by atoms with Crippen LogP contribution in [0.2, 0.25) is 0 Å². The van der Waals surface area contributed by atoms with E-state index in [-0.39, 0.29) is 16.6 Å². The Morgan fingerprint density at radius 2 is 2.00 bits per heavy atom. The Morgan fingerprint density at radius 3 is 2.77 bits per heavy atom. The van der Waals surface area contributed by atoms with Gasteiger partial charge in [0.1, 0.15) is 5.75 Å². The predicted octanol–water partition coefficient (Wildman–Crippen LogP) is 2.63. The number of hydrogen-bond donors (Lipinski definition) is 2. The maximum atomic E-state index is 11.4. The number of azo groups is 1. The van der Waals surface area contributed by atoms with Crippen molar-refractivity contribution in [2.45, 2.75) is 0 Å². The Hall–Kier alpha value is -2.93. The Morgan fingerprint density at radius 1 is 1.23 bits per heavy atom. The van der Waals surface area contributed by atoms with Gasteiger partial charge in [0.25, 0.3) is 0 Å². The summed E-state index contributed by atoms with van der Waals surface area (Å²) >= 11 is 4.90. The minimum absolute atomic E-state index is 0.0336. The molecule has 7 heteroatoms. The van der Waals surface area contributed by atoms with Gasteiger partial charge in [-0.3, -0.25) is 10.2 Å². The zero-order chi connectivity index (χ0) is 15.8. The molecule has 1 aromatic rings. The highest BCUT2D eigenvalue weighted by Crippen LogP contribution is 2.12. The molecule has 0 unspecified atom stereocenters. The second-order valence-corrected chi connectivity index (χ2v) is 4.50. The summed E-state index contributed by atoms with van der Waals surface area (Å²) < 4.78 is 0. The van der Waals surface area contributed by atoms with Gasteiger partial charge in [-0.1, -0.05) is 24.3 Å². The molecule has 1 aliphatic rings. The third-order valence-electron chi connectivity index (χ3n) is 2.56. The minimum atomic E-state index is -0.141. The summed E-state index contributed by atoms with van der Waals surface area (Å²) in [6.45, 7) is 0. The number of nitrogens with one attached hydrogen (secondary N) is 1. The van der Waals surface area contributed by atoms with Crippen molar-refractivity contribution in [3.05, 3.63) is 65.9 Å². The van der Waals surface area contributed by atoms with Crippen LogP contribution in [0.15, 0.2) is 75.7 Å². The van der Waals surface area contributed by atoms with Gasteiger partial charge in [0, 0.05) is 11.1 Å². The van der Waals surface area contributed by atoms with Crippen molar-refractivity contribution >= 4 is 29.3 Å². The van der Waals surface area contributed by atoms with Crippen molar-refractivity contribution in [2.24, 2.45) is 15.3 Å². The average molecular weight is 312 g/mol. The van der Waals surface area contributed by atoms with E-state index < -0.39 is 0 Å². The number of rotatable bonds is 3. The molecule has 2 rings (SSSR count). The first-order valence-electron chi connectivity index (χ1n) is 6.28. The summed E-state index contributed by atoms with van der Waals surface area (Å²) in [5, 5.41) is 20.8. The maximum Gasteiger partial charge on any atom is 0.234 e. The number of ketones is 1. The number of phenolic OH excluding ortho intramolecular Hbond substituents is 1. The number of hydrogen-bond acceptors (Lipinski definition) is 5. The minimum Gasteiger partial charge on any atom is -0.507 e. The van der Waals surface area contributed by atoms with Crippen LogP contribution in [-0.4, -0.2) is 22.2 Å². The highest BCUT2D eigenvalue weighted by molar-refractivity contribution is 7.80. The summed E-state index contributed by atoms with van der Waals surface area (Å²) in [5.41, 5.74) is 3.46. The summed E-state index contributed by atoms with van der Waals surface area (Å²) in [6.07, 6.45) is 9.19. The van der Waals surface area contributed by atoms with Crippen molar-refractivity contribution in [3.63, 3.8) is 0 Å². The van der Waals surface area contributed by atoms with E-state index in [1.807, 2.05) is 0 Å². The van der Waals surface area contributed by atoms with Crippen LogP contribution in [0.1, 0.15) is 5.56 Å². The molecule has 0 aliphatic heterocycles. The Bertz CT molecular complexity index is 733. The topological polar surface area (TPSA) is 86.4 Å². The van der Waals surface area contributed by atoms with Crippen molar-refractivity contribution < 1.29 is 9.90 Å². The van der Waals surface area contributed by atoms with Gasteiger partial charge in [-0.25, -0.2) is 0 Å². The molecule has 0 amide bonds. The van der Waals surface area contributed by atoms with Crippen molar-refractivity contribution in [2.75, 3.05) is 0 Å². The summed E-state index contributed by atoms with van der Waals surface area (Å²) in [7, 11) is 0. The van der Waals surface area contributed by atoms with Crippen LogP contribution in [0.5, 0.6) is 5.75 Å².